The molecule has 26 heavy (non-hydrogen) atoms. The van der Waals surface area contributed by atoms with Gasteiger partial charge in [-0.25, -0.2) is 4.98 Å². The van der Waals surface area contributed by atoms with Crippen molar-refractivity contribution < 1.29 is 8.83 Å². The van der Waals surface area contributed by atoms with Gasteiger partial charge in [0.15, 0.2) is 16.7 Å². The van der Waals surface area contributed by atoms with Crippen molar-refractivity contribution in [2.75, 3.05) is 0 Å². The second-order valence-electron chi connectivity index (χ2n) is 6.19. The highest BCUT2D eigenvalue weighted by molar-refractivity contribution is 6.04. The zero-order valence-electron chi connectivity index (χ0n) is 13.5. The molecule has 0 fully saturated rings. The third-order valence-corrected chi connectivity index (χ3v) is 4.63. The molecule has 5 aromatic heterocycles. The number of hydrogen-bond acceptors (Lipinski definition) is 5. The summed E-state index contributed by atoms with van der Waals surface area (Å²) in [4.78, 5) is 13.3. The Morgan fingerprint density at radius 2 is 1.27 bits per heavy atom. The fourth-order valence-corrected chi connectivity index (χ4v) is 3.40. The van der Waals surface area contributed by atoms with E-state index >= 15 is 0 Å². The van der Waals surface area contributed by atoms with E-state index in [2.05, 4.69) is 21.0 Å². The number of aromatic nitrogens is 3. The minimum absolute atomic E-state index is 0.725. The van der Waals surface area contributed by atoms with Crippen molar-refractivity contribution in [1.82, 2.24) is 15.0 Å². The molecule has 0 aliphatic heterocycles. The van der Waals surface area contributed by atoms with Gasteiger partial charge in [-0.3, -0.25) is 9.97 Å². The zero-order chi connectivity index (χ0) is 17.1. The lowest BCUT2D eigenvalue weighted by Crippen LogP contribution is -1.82. The molecule has 5 heteroatoms. The Labute approximate surface area is 146 Å². The van der Waals surface area contributed by atoms with Crippen LogP contribution in [0.25, 0.3) is 55.4 Å². The highest BCUT2D eigenvalue weighted by Crippen LogP contribution is 2.33. The SMILES string of the molecule is c1cnc2c(c1)oc1cc(-c3cnc4c(c3)oc3cccnc34)ccc12. The standard InChI is InChI=1S/C21H11N3O2/c1-3-15-19(22-7-1)14-6-5-12(9-17(14)25-15)13-10-18-21(24-11-13)20-16(26-18)4-2-8-23-20/h1-11H. The van der Waals surface area contributed by atoms with E-state index in [0.29, 0.717) is 0 Å². The van der Waals surface area contributed by atoms with Crippen LogP contribution >= 0.6 is 0 Å². The molecule has 5 heterocycles. The highest BCUT2D eigenvalue weighted by Gasteiger charge is 2.12. The van der Waals surface area contributed by atoms with Crippen LogP contribution < -0.4 is 0 Å². The average molecular weight is 337 g/mol. The molecule has 0 atom stereocenters. The topological polar surface area (TPSA) is 65.0 Å². The lowest BCUT2D eigenvalue weighted by Gasteiger charge is -2.01. The average Bonchev–Trinajstić information content (AvgIpc) is 3.24. The smallest absolute Gasteiger partial charge is 0.156 e. The van der Waals surface area contributed by atoms with Crippen LogP contribution in [0.15, 0.2) is 76.0 Å². The van der Waals surface area contributed by atoms with Gasteiger partial charge in [-0.15, -0.1) is 0 Å². The fraction of sp³-hybridized carbons (Fsp3) is 0. The zero-order valence-corrected chi connectivity index (χ0v) is 13.5. The van der Waals surface area contributed by atoms with Crippen LogP contribution in [0.2, 0.25) is 0 Å². The van der Waals surface area contributed by atoms with E-state index in [-0.39, 0.29) is 0 Å². The molecule has 0 saturated heterocycles. The van der Waals surface area contributed by atoms with E-state index in [4.69, 9.17) is 8.83 Å². The van der Waals surface area contributed by atoms with Crippen LogP contribution in [0.4, 0.5) is 0 Å². The van der Waals surface area contributed by atoms with Gasteiger partial charge in [0.25, 0.3) is 0 Å². The number of hydrogen-bond donors (Lipinski definition) is 0. The Hall–Kier alpha value is -3.73. The second-order valence-corrected chi connectivity index (χ2v) is 6.19. The predicted octanol–water partition coefficient (Wildman–Crippen LogP) is 5.34. The first-order valence-corrected chi connectivity index (χ1v) is 8.28. The molecule has 0 saturated carbocycles. The van der Waals surface area contributed by atoms with Crippen molar-refractivity contribution in [3.05, 3.63) is 67.1 Å². The summed E-state index contributed by atoms with van der Waals surface area (Å²) in [6.45, 7) is 0. The molecule has 1 aromatic carbocycles. The Morgan fingerprint density at radius 1 is 0.577 bits per heavy atom. The summed E-state index contributed by atoms with van der Waals surface area (Å²) >= 11 is 0. The van der Waals surface area contributed by atoms with Gasteiger partial charge in [-0.2, -0.15) is 0 Å². The third kappa shape index (κ3) is 1.82. The first kappa shape index (κ1) is 13.5. The number of pyridine rings is 3. The van der Waals surface area contributed by atoms with Crippen molar-refractivity contribution in [3.8, 4) is 11.1 Å². The van der Waals surface area contributed by atoms with E-state index in [9.17, 15) is 0 Å². The van der Waals surface area contributed by atoms with Crippen LogP contribution in [0.3, 0.4) is 0 Å². The number of fused-ring (bicyclic) bond motifs is 6. The number of furan rings is 2. The molecule has 0 unspecified atom stereocenters. The minimum Gasteiger partial charge on any atom is -0.454 e. The molecule has 6 rings (SSSR count). The fourth-order valence-electron chi connectivity index (χ4n) is 3.40. The number of benzene rings is 1. The summed E-state index contributed by atoms with van der Waals surface area (Å²) in [7, 11) is 0. The summed E-state index contributed by atoms with van der Waals surface area (Å²) in [5.41, 5.74) is 7.48. The van der Waals surface area contributed by atoms with E-state index in [1.165, 1.54) is 0 Å². The van der Waals surface area contributed by atoms with Gasteiger partial charge in [0, 0.05) is 29.5 Å². The quantitative estimate of drug-likeness (QED) is 0.405. The van der Waals surface area contributed by atoms with E-state index < -0.39 is 0 Å². The maximum Gasteiger partial charge on any atom is 0.156 e. The maximum absolute atomic E-state index is 5.93. The Bertz CT molecular complexity index is 1330. The highest BCUT2D eigenvalue weighted by atomic mass is 16.3. The number of rotatable bonds is 1. The predicted molar refractivity (Wildman–Crippen MR) is 99.8 cm³/mol. The molecule has 0 bridgehead atoms. The van der Waals surface area contributed by atoms with E-state index in [1.807, 2.05) is 48.7 Å². The van der Waals surface area contributed by atoms with Crippen LogP contribution in [-0.4, -0.2) is 15.0 Å². The minimum atomic E-state index is 0.725. The van der Waals surface area contributed by atoms with E-state index in [0.717, 1.165) is 55.4 Å². The van der Waals surface area contributed by atoms with Gasteiger partial charge in [-0.1, -0.05) is 6.07 Å². The van der Waals surface area contributed by atoms with Gasteiger partial charge in [0.2, 0.25) is 0 Å². The van der Waals surface area contributed by atoms with Crippen LogP contribution in [-0.2, 0) is 0 Å². The lowest BCUT2D eigenvalue weighted by atomic mass is 10.1. The van der Waals surface area contributed by atoms with Crippen LogP contribution in [0, 0.1) is 0 Å². The second kappa shape index (κ2) is 4.89. The molecule has 0 aliphatic rings. The summed E-state index contributed by atoms with van der Waals surface area (Å²) in [5, 5.41) is 1.01. The molecule has 6 aromatic rings. The normalized spacial score (nSPS) is 11.8. The van der Waals surface area contributed by atoms with Gasteiger partial charge < -0.3 is 8.83 Å². The van der Waals surface area contributed by atoms with Gasteiger partial charge >= 0.3 is 0 Å². The third-order valence-electron chi connectivity index (χ3n) is 4.63. The van der Waals surface area contributed by atoms with E-state index in [1.54, 1.807) is 12.4 Å². The molecular formula is C21H11N3O2. The molecule has 0 amide bonds. The van der Waals surface area contributed by atoms with Gasteiger partial charge in [0.05, 0.1) is 0 Å². The molecule has 0 N–H and O–H groups in total. The van der Waals surface area contributed by atoms with Crippen LogP contribution in [0.5, 0.6) is 0 Å². The van der Waals surface area contributed by atoms with Gasteiger partial charge in [-0.05, 0) is 48.0 Å². The molecule has 5 nitrogen and oxygen atoms in total. The monoisotopic (exact) mass is 337 g/mol. The first-order valence-electron chi connectivity index (χ1n) is 8.28. The maximum atomic E-state index is 5.93. The molecular weight excluding hydrogens is 326 g/mol. The molecule has 0 aliphatic carbocycles. The van der Waals surface area contributed by atoms with Crippen molar-refractivity contribution in [2.24, 2.45) is 0 Å². The Kier molecular flexibility index (Phi) is 2.55. The Balaban J connectivity index is 1.57. The van der Waals surface area contributed by atoms with Gasteiger partial charge in [0.1, 0.15) is 22.1 Å². The summed E-state index contributed by atoms with van der Waals surface area (Å²) in [6, 6.07) is 15.7. The summed E-state index contributed by atoms with van der Waals surface area (Å²) < 4.78 is 11.8. The Morgan fingerprint density at radius 3 is 2.15 bits per heavy atom. The van der Waals surface area contributed by atoms with Crippen molar-refractivity contribution in [3.63, 3.8) is 0 Å². The lowest BCUT2D eigenvalue weighted by molar-refractivity contribution is 0.667. The van der Waals surface area contributed by atoms with Crippen LogP contribution in [0.1, 0.15) is 0 Å². The largest absolute Gasteiger partial charge is 0.454 e. The summed E-state index contributed by atoms with van der Waals surface area (Å²) in [5.74, 6) is 0. The van der Waals surface area contributed by atoms with Crippen molar-refractivity contribution in [1.29, 1.82) is 0 Å². The summed E-state index contributed by atoms with van der Waals surface area (Å²) in [6.07, 6.45) is 5.36. The molecule has 0 radical (unpaired) electrons. The number of nitrogens with zero attached hydrogens (tertiary/aromatic N) is 3. The molecule has 122 valence electrons. The van der Waals surface area contributed by atoms with Crippen molar-refractivity contribution >= 4 is 44.3 Å². The van der Waals surface area contributed by atoms with Crippen molar-refractivity contribution in [2.45, 2.75) is 0 Å². The first-order chi connectivity index (χ1) is 12.9. The molecule has 0 spiro atoms.